The van der Waals surface area contributed by atoms with E-state index in [0.717, 1.165) is 23.8 Å². The minimum absolute atomic E-state index is 0.244. The lowest BCUT2D eigenvalue weighted by atomic mass is 10.0. The second-order valence-electron chi connectivity index (χ2n) is 5.21. The van der Waals surface area contributed by atoms with E-state index in [9.17, 15) is 0 Å². The standard InChI is InChI=1S/C16H22ClN3/c1-5-18-16(10-20-13(4)15(17)9-19-20)14-7-6-11(2)12(3)8-14/h6-9,16,18H,5,10H2,1-4H3. The van der Waals surface area contributed by atoms with Crippen LogP contribution in [0.5, 0.6) is 0 Å². The van der Waals surface area contributed by atoms with Gasteiger partial charge in [0, 0.05) is 0 Å². The van der Waals surface area contributed by atoms with Crippen molar-refractivity contribution in [3.63, 3.8) is 0 Å². The van der Waals surface area contributed by atoms with Crippen LogP contribution >= 0.6 is 11.6 Å². The maximum Gasteiger partial charge on any atom is 0.0814 e. The lowest BCUT2D eigenvalue weighted by Crippen LogP contribution is -2.26. The molecule has 3 nitrogen and oxygen atoms in total. The summed E-state index contributed by atoms with van der Waals surface area (Å²) in [5, 5.41) is 8.60. The van der Waals surface area contributed by atoms with Gasteiger partial charge in [0.15, 0.2) is 0 Å². The third kappa shape index (κ3) is 3.22. The number of aromatic nitrogens is 2. The van der Waals surface area contributed by atoms with E-state index in [-0.39, 0.29) is 6.04 Å². The Morgan fingerprint density at radius 1 is 1.25 bits per heavy atom. The number of nitrogens with zero attached hydrogens (tertiary/aromatic N) is 2. The molecule has 1 aromatic heterocycles. The summed E-state index contributed by atoms with van der Waals surface area (Å²) in [7, 11) is 0. The highest BCUT2D eigenvalue weighted by atomic mass is 35.5. The highest BCUT2D eigenvalue weighted by Gasteiger charge is 2.14. The van der Waals surface area contributed by atoms with Crippen molar-refractivity contribution < 1.29 is 0 Å². The van der Waals surface area contributed by atoms with Gasteiger partial charge < -0.3 is 5.32 Å². The van der Waals surface area contributed by atoms with Crippen molar-refractivity contribution in [3.05, 3.63) is 51.8 Å². The molecule has 0 saturated carbocycles. The first kappa shape index (κ1) is 15.1. The lowest BCUT2D eigenvalue weighted by Gasteiger charge is -2.20. The number of benzene rings is 1. The van der Waals surface area contributed by atoms with Crippen LogP contribution in [0.25, 0.3) is 0 Å². The molecule has 1 N–H and O–H groups in total. The molecule has 1 aromatic carbocycles. The number of rotatable bonds is 5. The second kappa shape index (κ2) is 6.42. The molecular weight excluding hydrogens is 270 g/mol. The molecule has 1 atom stereocenters. The molecule has 1 unspecified atom stereocenters. The third-order valence-corrected chi connectivity index (χ3v) is 4.15. The number of hydrogen-bond acceptors (Lipinski definition) is 2. The van der Waals surface area contributed by atoms with Gasteiger partial charge in [-0.05, 0) is 44.0 Å². The minimum Gasteiger partial charge on any atom is -0.309 e. The Labute approximate surface area is 126 Å². The molecule has 0 fully saturated rings. The summed E-state index contributed by atoms with van der Waals surface area (Å²) in [6.07, 6.45) is 1.71. The van der Waals surface area contributed by atoms with Crippen LogP contribution in [-0.2, 0) is 6.54 Å². The zero-order valence-electron chi connectivity index (χ0n) is 12.6. The van der Waals surface area contributed by atoms with Gasteiger partial charge in [0.25, 0.3) is 0 Å². The predicted octanol–water partition coefficient (Wildman–Crippen LogP) is 3.81. The molecule has 0 bridgehead atoms. The molecule has 0 aliphatic heterocycles. The molecule has 2 aromatic rings. The Morgan fingerprint density at radius 3 is 2.55 bits per heavy atom. The fourth-order valence-corrected chi connectivity index (χ4v) is 2.44. The predicted molar refractivity (Wildman–Crippen MR) is 84.3 cm³/mol. The summed E-state index contributed by atoms with van der Waals surface area (Å²) in [6, 6.07) is 6.87. The molecule has 0 radical (unpaired) electrons. The van der Waals surface area contributed by atoms with E-state index in [1.165, 1.54) is 16.7 Å². The first-order valence-electron chi connectivity index (χ1n) is 7.01. The van der Waals surface area contributed by atoms with E-state index in [1.54, 1.807) is 6.20 Å². The van der Waals surface area contributed by atoms with Crippen LogP contribution in [0.2, 0.25) is 5.02 Å². The van der Waals surface area contributed by atoms with E-state index in [4.69, 9.17) is 11.6 Å². The average Bonchev–Trinajstić information content (AvgIpc) is 2.73. The zero-order chi connectivity index (χ0) is 14.7. The quantitative estimate of drug-likeness (QED) is 0.908. The summed E-state index contributed by atoms with van der Waals surface area (Å²) in [5.74, 6) is 0. The van der Waals surface area contributed by atoms with E-state index in [2.05, 4.69) is 49.4 Å². The first-order valence-corrected chi connectivity index (χ1v) is 7.39. The summed E-state index contributed by atoms with van der Waals surface area (Å²) < 4.78 is 1.96. The van der Waals surface area contributed by atoms with Crippen molar-refractivity contribution in [2.45, 2.75) is 40.3 Å². The topological polar surface area (TPSA) is 29.9 Å². The molecular formula is C16H22ClN3. The monoisotopic (exact) mass is 291 g/mol. The van der Waals surface area contributed by atoms with Gasteiger partial charge in [0.2, 0.25) is 0 Å². The fraction of sp³-hybridized carbons (Fsp3) is 0.438. The molecule has 108 valence electrons. The molecule has 1 heterocycles. The van der Waals surface area contributed by atoms with Crippen LogP contribution in [0, 0.1) is 20.8 Å². The van der Waals surface area contributed by atoms with Gasteiger partial charge >= 0.3 is 0 Å². The minimum atomic E-state index is 0.244. The molecule has 4 heteroatoms. The van der Waals surface area contributed by atoms with Crippen molar-refractivity contribution >= 4 is 11.6 Å². The van der Waals surface area contributed by atoms with Crippen molar-refractivity contribution in [1.29, 1.82) is 0 Å². The SMILES string of the molecule is CCNC(Cn1ncc(Cl)c1C)c1ccc(C)c(C)c1. The van der Waals surface area contributed by atoms with Crippen LogP contribution in [0.3, 0.4) is 0 Å². The van der Waals surface area contributed by atoms with Gasteiger partial charge in [-0.1, -0.05) is 36.7 Å². The van der Waals surface area contributed by atoms with E-state index < -0.39 is 0 Å². The summed E-state index contributed by atoms with van der Waals surface area (Å²) in [5.41, 5.74) is 4.95. The van der Waals surface area contributed by atoms with E-state index in [0.29, 0.717) is 0 Å². The number of hydrogen-bond donors (Lipinski definition) is 1. The highest BCUT2D eigenvalue weighted by molar-refractivity contribution is 6.31. The summed E-state index contributed by atoms with van der Waals surface area (Å²) in [6.45, 7) is 10.1. The van der Waals surface area contributed by atoms with Crippen LogP contribution < -0.4 is 5.32 Å². The number of halogens is 1. The first-order chi connectivity index (χ1) is 9.52. The van der Waals surface area contributed by atoms with Crippen molar-refractivity contribution in [1.82, 2.24) is 15.1 Å². The van der Waals surface area contributed by atoms with Crippen molar-refractivity contribution in [3.8, 4) is 0 Å². The van der Waals surface area contributed by atoms with Gasteiger partial charge in [0.1, 0.15) is 0 Å². The van der Waals surface area contributed by atoms with Gasteiger partial charge in [-0.25, -0.2) is 0 Å². The van der Waals surface area contributed by atoms with Crippen molar-refractivity contribution in [2.24, 2.45) is 0 Å². The number of nitrogens with one attached hydrogen (secondary N) is 1. The largest absolute Gasteiger partial charge is 0.309 e. The maximum atomic E-state index is 6.08. The number of aryl methyl sites for hydroxylation is 2. The highest BCUT2D eigenvalue weighted by Crippen LogP contribution is 2.21. The Morgan fingerprint density at radius 2 is 2.00 bits per heavy atom. The molecule has 0 aliphatic carbocycles. The van der Waals surface area contributed by atoms with Crippen LogP contribution in [-0.4, -0.2) is 16.3 Å². The van der Waals surface area contributed by atoms with E-state index >= 15 is 0 Å². The Balaban J connectivity index is 2.26. The molecule has 0 saturated heterocycles. The Kier molecular flexibility index (Phi) is 4.84. The molecule has 2 rings (SSSR count). The summed E-state index contributed by atoms with van der Waals surface area (Å²) in [4.78, 5) is 0. The Hall–Kier alpha value is -1.32. The van der Waals surface area contributed by atoms with Crippen LogP contribution in [0.4, 0.5) is 0 Å². The lowest BCUT2D eigenvalue weighted by molar-refractivity contribution is 0.442. The smallest absolute Gasteiger partial charge is 0.0814 e. The molecule has 0 amide bonds. The Bertz CT molecular complexity index is 589. The average molecular weight is 292 g/mol. The van der Waals surface area contributed by atoms with Gasteiger partial charge in [-0.3, -0.25) is 4.68 Å². The van der Waals surface area contributed by atoms with Crippen molar-refractivity contribution in [2.75, 3.05) is 6.54 Å². The zero-order valence-corrected chi connectivity index (χ0v) is 13.3. The normalized spacial score (nSPS) is 12.7. The van der Waals surface area contributed by atoms with Gasteiger partial charge in [-0.2, -0.15) is 5.10 Å². The third-order valence-electron chi connectivity index (χ3n) is 3.78. The van der Waals surface area contributed by atoms with E-state index in [1.807, 2.05) is 11.6 Å². The number of likely N-dealkylation sites (N-methyl/N-ethyl adjacent to an activating group) is 1. The maximum absolute atomic E-state index is 6.08. The fourth-order valence-electron chi connectivity index (χ4n) is 2.30. The van der Waals surface area contributed by atoms with Gasteiger partial charge in [-0.15, -0.1) is 0 Å². The van der Waals surface area contributed by atoms with Gasteiger partial charge in [0.05, 0.1) is 29.5 Å². The van der Waals surface area contributed by atoms with Crippen LogP contribution in [0.15, 0.2) is 24.4 Å². The molecule has 0 spiro atoms. The van der Waals surface area contributed by atoms with Crippen LogP contribution in [0.1, 0.15) is 35.3 Å². The second-order valence-corrected chi connectivity index (χ2v) is 5.62. The molecule has 20 heavy (non-hydrogen) atoms. The summed E-state index contributed by atoms with van der Waals surface area (Å²) >= 11 is 6.08. The molecule has 0 aliphatic rings.